The maximum absolute atomic E-state index is 12.6. The van der Waals surface area contributed by atoms with Gasteiger partial charge in [-0.15, -0.1) is 0 Å². The minimum atomic E-state index is 0.00386. The molecule has 4 aromatic rings. The second-order valence-electron chi connectivity index (χ2n) is 7.04. The highest BCUT2D eigenvalue weighted by atomic mass is 16.1. The SMILES string of the molecule is CC[NH+](CC)CCNC(=O)Cn1c2ccccc2c2nc3ccccc3nc21. The molecule has 0 aliphatic heterocycles. The number of nitrogens with one attached hydrogen (secondary N) is 2. The van der Waals surface area contributed by atoms with Gasteiger partial charge in [-0.1, -0.05) is 30.3 Å². The van der Waals surface area contributed by atoms with E-state index in [1.54, 1.807) is 0 Å². The van der Waals surface area contributed by atoms with Crippen molar-refractivity contribution in [2.75, 3.05) is 26.2 Å². The molecule has 0 saturated heterocycles. The molecule has 0 aliphatic carbocycles. The van der Waals surface area contributed by atoms with E-state index in [-0.39, 0.29) is 12.5 Å². The largest absolute Gasteiger partial charge is 0.349 e. The quantitative estimate of drug-likeness (QED) is 0.517. The molecule has 6 heteroatoms. The van der Waals surface area contributed by atoms with Crippen molar-refractivity contribution in [1.82, 2.24) is 19.9 Å². The molecule has 0 unspecified atom stereocenters. The van der Waals surface area contributed by atoms with Crippen molar-refractivity contribution in [3.8, 4) is 0 Å². The molecular weight excluding hydrogens is 350 g/mol. The number of aromatic nitrogens is 3. The van der Waals surface area contributed by atoms with Gasteiger partial charge in [-0.3, -0.25) is 4.79 Å². The van der Waals surface area contributed by atoms with E-state index in [9.17, 15) is 4.79 Å². The maximum Gasteiger partial charge on any atom is 0.240 e. The average Bonchev–Trinajstić information content (AvgIpc) is 3.02. The Balaban J connectivity index is 1.67. The topological polar surface area (TPSA) is 64.2 Å². The third-order valence-corrected chi connectivity index (χ3v) is 5.36. The lowest BCUT2D eigenvalue weighted by atomic mass is 10.2. The first kappa shape index (κ1) is 18.4. The van der Waals surface area contributed by atoms with Crippen molar-refractivity contribution >= 4 is 39.0 Å². The molecule has 0 radical (unpaired) electrons. The van der Waals surface area contributed by atoms with E-state index in [2.05, 4.69) is 19.2 Å². The molecule has 1 amide bonds. The molecule has 0 atom stereocenters. The summed E-state index contributed by atoms with van der Waals surface area (Å²) in [5, 5.41) is 4.08. The van der Waals surface area contributed by atoms with Crippen molar-refractivity contribution in [1.29, 1.82) is 0 Å². The number of nitrogens with zero attached hydrogens (tertiary/aromatic N) is 3. The first-order valence-corrected chi connectivity index (χ1v) is 9.95. The van der Waals surface area contributed by atoms with Crippen LogP contribution in [0.2, 0.25) is 0 Å². The molecule has 0 aliphatic rings. The number of hydrogen-bond acceptors (Lipinski definition) is 3. The van der Waals surface area contributed by atoms with Gasteiger partial charge in [0.25, 0.3) is 0 Å². The molecule has 144 valence electrons. The predicted molar refractivity (Wildman–Crippen MR) is 112 cm³/mol. The van der Waals surface area contributed by atoms with E-state index < -0.39 is 0 Å². The van der Waals surface area contributed by atoms with Crippen molar-refractivity contribution in [2.45, 2.75) is 20.4 Å². The Labute approximate surface area is 164 Å². The summed E-state index contributed by atoms with van der Waals surface area (Å²) >= 11 is 0. The lowest BCUT2D eigenvalue weighted by molar-refractivity contribution is -0.895. The van der Waals surface area contributed by atoms with E-state index in [4.69, 9.17) is 9.97 Å². The van der Waals surface area contributed by atoms with Crippen LogP contribution < -0.4 is 10.2 Å². The van der Waals surface area contributed by atoms with Gasteiger partial charge in [0.2, 0.25) is 5.91 Å². The summed E-state index contributed by atoms with van der Waals surface area (Å²) in [5.41, 5.74) is 4.28. The van der Waals surface area contributed by atoms with Gasteiger partial charge in [0.05, 0.1) is 42.7 Å². The standard InChI is InChI=1S/C22H25N5O/c1-3-26(4-2)14-13-23-20(28)15-27-19-12-8-5-9-16(19)21-22(27)25-18-11-7-6-10-17(18)24-21/h5-12H,3-4,13-15H2,1-2H3,(H,23,28)/p+1. The van der Waals surface area contributed by atoms with Crippen LogP contribution in [0, 0.1) is 0 Å². The third kappa shape index (κ3) is 3.43. The van der Waals surface area contributed by atoms with Gasteiger partial charge in [-0.05, 0) is 32.0 Å². The van der Waals surface area contributed by atoms with Crippen LogP contribution in [0.25, 0.3) is 33.1 Å². The van der Waals surface area contributed by atoms with Crippen LogP contribution in [0.5, 0.6) is 0 Å². The molecule has 6 nitrogen and oxygen atoms in total. The van der Waals surface area contributed by atoms with E-state index in [0.717, 1.165) is 52.7 Å². The maximum atomic E-state index is 12.6. The fraction of sp³-hybridized carbons (Fsp3) is 0.318. The highest BCUT2D eigenvalue weighted by molar-refractivity contribution is 6.07. The molecule has 4 rings (SSSR count). The van der Waals surface area contributed by atoms with Gasteiger partial charge < -0.3 is 14.8 Å². The molecule has 2 aromatic carbocycles. The molecule has 2 heterocycles. The molecular formula is C22H26N5O+. The number of carbonyl (C=O) groups is 1. The van der Waals surface area contributed by atoms with Gasteiger partial charge in [0, 0.05) is 5.39 Å². The fourth-order valence-corrected chi connectivity index (χ4v) is 3.72. The Bertz CT molecular complexity index is 1130. The molecule has 2 N–H and O–H groups in total. The monoisotopic (exact) mass is 376 g/mol. The molecule has 2 aromatic heterocycles. The number of benzene rings is 2. The Morgan fingerprint density at radius 2 is 1.68 bits per heavy atom. The van der Waals surface area contributed by atoms with E-state index in [1.165, 1.54) is 4.90 Å². The Morgan fingerprint density at radius 3 is 2.43 bits per heavy atom. The van der Waals surface area contributed by atoms with Gasteiger partial charge in [-0.25, -0.2) is 9.97 Å². The van der Waals surface area contributed by atoms with Crippen molar-refractivity contribution in [3.63, 3.8) is 0 Å². The Hall–Kier alpha value is -2.99. The van der Waals surface area contributed by atoms with Crippen LogP contribution in [0.4, 0.5) is 0 Å². The zero-order valence-corrected chi connectivity index (χ0v) is 16.4. The Kier molecular flexibility index (Phi) is 5.21. The zero-order chi connectivity index (χ0) is 19.5. The minimum absolute atomic E-state index is 0.00386. The number of fused-ring (bicyclic) bond motifs is 4. The van der Waals surface area contributed by atoms with Crippen molar-refractivity contribution < 1.29 is 9.69 Å². The summed E-state index contributed by atoms with van der Waals surface area (Å²) in [5.74, 6) is 0.00386. The van der Waals surface area contributed by atoms with Crippen LogP contribution in [0.1, 0.15) is 13.8 Å². The first-order valence-electron chi connectivity index (χ1n) is 9.95. The third-order valence-electron chi connectivity index (χ3n) is 5.36. The molecule has 28 heavy (non-hydrogen) atoms. The van der Waals surface area contributed by atoms with Crippen LogP contribution in [-0.2, 0) is 11.3 Å². The summed E-state index contributed by atoms with van der Waals surface area (Å²) < 4.78 is 1.98. The number of para-hydroxylation sites is 3. The molecule has 0 fully saturated rings. The fourth-order valence-electron chi connectivity index (χ4n) is 3.72. The van der Waals surface area contributed by atoms with Crippen molar-refractivity contribution in [2.24, 2.45) is 0 Å². The van der Waals surface area contributed by atoms with Gasteiger partial charge in [0.1, 0.15) is 12.1 Å². The second kappa shape index (κ2) is 7.94. The number of rotatable bonds is 7. The normalized spacial score (nSPS) is 11.7. The Morgan fingerprint density at radius 1 is 1.00 bits per heavy atom. The van der Waals surface area contributed by atoms with Gasteiger partial charge in [0.15, 0.2) is 5.65 Å². The minimum Gasteiger partial charge on any atom is -0.349 e. The number of carbonyl (C=O) groups excluding carboxylic acids is 1. The summed E-state index contributed by atoms with van der Waals surface area (Å²) in [6, 6.07) is 15.9. The van der Waals surface area contributed by atoms with E-state index in [1.807, 2.05) is 53.1 Å². The lowest BCUT2D eigenvalue weighted by Crippen LogP contribution is -3.12. The predicted octanol–water partition coefficient (Wildman–Crippen LogP) is 1.78. The van der Waals surface area contributed by atoms with Crippen molar-refractivity contribution in [3.05, 3.63) is 48.5 Å². The zero-order valence-electron chi connectivity index (χ0n) is 16.4. The average molecular weight is 376 g/mol. The van der Waals surface area contributed by atoms with Crippen LogP contribution in [-0.4, -0.2) is 46.6 Å². The smallest absolute Gasteiger partial charge is 0.240 e. The summed E-state index contributed by atoms with van der Waals surface area (Å²) in [4.78, 5) is 23.8. The summed E-state index contributed by atoms with van der Waals surface area (Å²) in [6.07, 6.45) is 0. The first-order chi connectivity index (χ1) is 13.7. The van der Waals surface area contributed by atoms with Crippen LogP contribution >= 0.6 is 0 Å². The number of quaternary nitrogens is 1. The molecule has 0 bridgehead atoms. The van der Waals surface area contributed by atoms with E-state index in [0.29, 0.717) is 6.54 Å². The van der Waals surface area contributed by atoms with Gasteiger partial charge in [-0.2, -0.15) is 0 Å². The highest BCUT2D eigenvalue weighted by Crippen LogP contribution is 2.27. The number of likely N-dealkylation sites (N-methyl/N-ethyl adjacent to an activating group) is 1. The lowest BCUT2D eigenvalue weighted by Gasteiger charge is -2.15. The molecule has 0 spiro atoms. The van der Waals surface area contributed by atoms with Gasteiger partial charge >= 0.3 is 0 Å². The number of hydrogen-bond donors (Lipinski definition) is 2. The summed E-state index contributed by atoms with van der Waals surface area (Å²) in [7, 11) is 0. The second-order valence-corrected chi connectivity index (χ2v) is 7.04. The van der Waals surface area contributed by atoms with Crippen LogP contribution in [0.15, 0.2) is 48.5 Å². The summed E-state index contributed by atoms with van der Waals surface area (Å²) in [6.45, 7) is 8.34. The van der Waals surface area contributed by atoms with Crippen LogP contribution in [0.3, 0.4) is 0 Å². The number of amides is 1. The highest BCUT2D eigenvalue weighted by Gasteiger charge is 2.16. The van der Waals surface area contributed by atoms with E-state index >= 15 is 0 Å². The molecule has 0 saturated carbocycles.